The number of nitrogens with zero attached hydrogens (tertiary/aromatic N) is 4. The molecule has 8 heteroatoms. The molecule has 4 aromatic rings. The van der Waals surface area contributed by atoms with Gasteiger partial charge >= 0.3 is 0 Å². The first kappa shape index (κ1) is 21.9. The minimum Gasteiger partial charge on any atom is -0.350 e. The van der Waals surface area contributed by atoms with Crippen molar-refractivity contribution >= 4 is 16.8 Å². The Morgan fingerprint density at radius 1 is 1.24 bits per heavy atom. The number of halogens is 1. The van der Waals surface area contributed by atoms with Gasteiger partial charge in [0.05, 0.1) is 16.8 Å². The Bertz CT molecular complexity index is 1440. The fourth-order valence-corrected chi connectivity index (χ4v) is 4.68. The molecular weight excluding hydrogens is 431 g/mol. The summed E-state index contributed by atoms with van der Waals surface area (Å²) in [6.07, 6.45) is 2.98. The number of rotatable bonds is 5. The molecule has 1 atom stereocenters. The predicted octanol–water partition coefficient (Wildman–Crippen LogP) is 3.60. The van der Waals surface area contributed by atoms with Crippen molar-refractivity contribution in [1.29, 1.82) is 5.26 Å². The molecule has 34 heavy (non-hydrogen) atoms. The third-order valence-electron chi connectivity index (χ3n) is 6.47. The molecule has 1 amide bonds. The highest BCUT2D eigenvalue weighted by Crippen LogP contribution is 2.36. The van der Waals surface area contributed by atoms with Crippen molar-refractivity contribution in [3.05, 3.63) is 65.7 Å². The van der Waals surface area contributed by atoms with Gasteiger partial charge in [0.25, 0.3) is 5.91 Å². The van der Waals surface area contributed by atoms with Crippen molar-refractivity contribution in [2.45, 2.75) is 6.42 Å². The first-order valence-corrected chi connectivity index (χ1v) is 11.3. The summed E-state index contributed by atoms with van der Waals surface area (Å²) in [5.74, 6) is -0.334. The molecule has 1 fully saturated rings. The Morgan fingerprint density at radius 2 is 2.06 bits per heavy atom. The minimum atomic E-state index is -0.586. The van der Waals surface area contributed by atoms with Crippen molar-refractivity contribution < 1.29 is 9.18 Å². The zero-order chi connectivity index (χ0) is 23.8. The molecule has 0 spiro atoms. The van der Waals surface area contributed by atoms with Gasteiger partial charge in [0, 0.05) is 37.8 Å². The second kappa shape index (κ2) is 8.76. The highest BCUT2D eigenvalue weighted by molar-refractivity contribution is 5.98. The summed E-state index contributed by atoms with van der Waals surface area (Å²) in [6, 6.07) is 14.1. The molecule has 1 aliphatic heterocycles. The number of nitrogens with one attached hydrogen (secondary N) is 2. The van der Waals surface area contributed by atoms with Crippen LogP contribution in [0.2, 0.25) is 0 Å². The molecule has 7 nitrogen and oxygen atoms in total. The highest BCUT2D eigenvalue weighted by Gasteiger charge is 2.23. The van der Waals surface area contributed by atoms with E-state index >= 15 is 0 Å². The lowest BCUT2D eigenvalue weighted by molar-refractivity contribution is 0.0940. The molecule has 2 aromatic heterocycles. The van der Waals surface area contributed by atoms with Crippen LogP contribution in [0.25, 0.3) is 33.3 Å². The van der Waals surface area contributed by atoms with Gasteiger partial charge in [0.2, 0.25) is 0 Å². The monoisotopic (exact) mass is 456 g/mol. The van der Waals surface area contributed by atoms with Crippen molar-refractivity contribution in [2.75, 3.05) is 19.6 Å². The van der Waals surface area contributed by atoms with E-state index in [1.54, 1.807) is 16.8 Å². The van der Waals surface area contributed by atoms with Crippen LogP contribution in [-0.4, -0.2) is 39.9 Å². The molecule has 0 saturated carbocycles. The van der Waals surface area contributed by atoms with Gasteiger partial charge in [-0.05, 0) is 66.9 Å². The maximum absolute atomic E-state index is 14.5. The number of amides is 1. The fourth-order valence-electron chi connectivity index (χ4n) is 4.68. The van der Waals surface area contributed by atoms with Crippen LogP contribution in [0.5, 0.6) is 0 Å². The summed E-state index contributed by atoms with van der Waals surface area (Å²) in [4.78, 5) is 13.2. The highest BCUT2D eigenvalue weighted by atomic mass is 19.1. The number of fused-ring (bicyclic) bond motifs is 1. The van der Waals surface area contributed by atoms with Gasteiger partial charge < -0.3 is 15.2 Å². The number of carbonyl (C=O) groups excluding carboxylic acids is 1. The molecule has 5 rings (SSSR count). The van der Waals surface area contributed by atoms with Crippen LogP contribution in [0.4, 0.5) is 4.39 Å². The van der Waals surface area contributed by atoms with Crippen LogP contribution in [0.15, 0.2) is 48.7 Å². The van der Waals surface area contributed by atoms with Gasteiger partial charge in [-0.1, -0.05) is 12.1 Å². The lowest BCUT2D eigenvalue weighted by Gasteiger charge is -2.12. The Labute approximate surface area is 196 Å². The van der Waals surface area contributed by atoms with Crippen LogP contribution in [0, 0.1) is 23.1 Å². The third-order valence-corrected chi connectivity index (χ3v) is 6.47. The largest absolute Gasteiger partial charge is 0.350 e. The maximum Gasteiger partial charge on any atom is 0.267 e. The van der Waals surface area contributed by atoms with E-state index in [2.05, 4.69) is 15.7 Å². The molecule has 1 saturated heterocycles. The van der Waals surface area contributed by atoms with Gasteiger partial charge in [0.15, 0.2) is 0 Å². The number of carbonyl (C=O) groups is 1. The molecule has 0 bridgehead atoms. The maximum atomic E-state index is 14.5. The lowest BCUT2D eigenvalue weighted by Crippen LogP contribution is -2.31. The van der Waals surface area contributed by atoms with Gasteiger partial charge in [-0.15, -0.1) is 0 Å². The van der Waals surface area contributed by atoms with Gasteiger partial charge in [-0.2, -0.15) is 10.4 Å². The molecule has 1 aliphatic rings. The molecule has 172 valence electrons. The van der Waals surface area contributed by atoms with Crippen LogP contribution < -0.4 is 10.6 Å². The van der Waals surface area contributed by atoms with E-state index in [1.807, 2.05) is 49.1 Å². The molecule has 0 radical (unpaired) electrons. The van der Waals surface area contributed by atoms with E-state index < -0.39 is 5.82 Å². The van der Waals surface area contributed by atoms with E-state index in [0.717, 1.165) is 47.2 Å². The number of aromatic nitrogens is 3. The molecule has 0 aliphatic carbocycles. The van der Waals surface area contributed by atoms with E-state index in [9.17, 15) is 9.18 Å². The number of aryl methyl sites for hydroxylation is 1. The fraction of sp³-hybridized carbons (Fsp3) is 0.269. The van der Waals surface area contributed by atoms with E-state index in [4.69, 9.17) is 5.26 Å². The Morgan fingerprint density at radius 3 is 2.79 bits per heavy atom. The number of benzene rings is 2. The van der Waals surface area contributed by atoms with Crippen molar-refractivity contribution in [1.82, 2.24) is 25.0 Å². The summed E-state index contributed by atoms with van der Waals surface area (Å²) in [6.45, 7) is 2.48. The topological polar surface area (TPSA) is 87.7 Å². The Kier molecular flexibility index (Phi) is 5.64. The van der Waals surface area contributed by atoms with Crippen LogP contribution in [-0.2, 0) is 14.1 Å². The molecule has 2 N–H and O–H groups in total. The quantitative estimate of drug-likeness (QED) is 0.480. The second-order valence-corrected chi connectivity index (χ2v) is 8.80. The van der Waals surface area contributed by atoms with Gasteiger partial charge in [-0.25, -0.2) is 4.39 Å². The molecular formula is C26H25FN6O. The zero-order valence-electron chi connectivity index (χ0n) is 19.1. The SMILES string of the molecule is Cn1cc2cc(-c3c(-c4ccc(C#N)c(F)c4)cc(C(=O)NCC4CCNC4)n3C)ccc2n1. The Hall–Kier alpha value is -3.96. The average Bonchev–Trinajstić information content (AvgIpc) is 3.55. The van der Waals surface area contributed by atoms with Crippen molar-refractivity contribution in [3.8, 4) is 28.5 Å². The number of hydrogen-bond acceptors (Lipinski definition) is 4. The van der Waals surface area contributed by atoms with Crippen LogP contribution in [0.1, 0.15) is 22.5 Å². The van der Waals surface area contributed by atoms with E-state index in [0.29, 0.717) is 23.7 Å². The number of nitriles is 1. The number of hydrogen-bond donors (Lipinski definition) is 2. The summed E-state index contributed by atoms with van der Waals surface area (Å²) >= 11 is 0. The summed E-state index contributed by atoms with van der Waals surface area (Å²) in [7, 11) is 3.72. The van der Waals surface area contributed by atoms with Gasteiger partial charge in [-0.3, -0.25) is 9.48 Å². The second-order valence-electron chi connectivity index (χ2n) is 8.80. The first-order valence-electron chi connectivity index (χ1n) is 11.3. The lowest BCUT2D eigenvalue weighted by atomic mass is 9.99. The van der Waals surface area contributed by atoms with E-state index in [1.165, 1.54) is 12.1 Å². The summed E-state index contributed by atoms with van der Waals surface area (Å²) in [5, 5.41) is 20.9. The normalized spacial score (nSPS) is 15.5. The smallest absolute Gasteiger partial charge is 0.267 e. The van der Waals surface area contributed by atoms with Gasteiger partial charge in [0.1, 0.15) is 17.6 Å². The van der Waals surface area contributed by atoms with Crippen molar-refractivity contribution in [2.24, 2.45) is 20.0 Å². The molecule has 1 unspecified atom stereocenters. The average molecular weight is 457 g/mol. The van der Waals surface area contributed by atoms with E-state index in [-0.39, 0.29) is 11.5 Å². The predicted molar refractivity (Wildman–Crippen MR) is 129 cm³/mol. The van der Waals surface area contributed by atoms with Crippen LogP contribution in [0.3, 0.4) is 0 Å². The Balaban J connectivity index is 1.60. The zero-order valence-corrected chi connectivity index (χ0v) is 19.1. The molecule has 2 aromatic carbocycles. The first-order chi connectivity index (χ1) is 16.4. The summed E-state index contributed by atoms with van der Waals surface area (Å²) < 4.78 is 18.1. The van der Waals surface area contributed by atoms with Crippen LogP contribution >= 0.6 is 0 Å². The summed E-state index contributed by atoms with van der Waals surface area (Å²) in [5.41, 5.74) is 4.36. The van der Waals surface area contributed by atoms with Crippen molar-refractivity contribution in [3.63, 3.8) is 0 Å². The minimum absolute atomic E-state index is 0.0128. The molecule has 3 heterocycles. The standard InChI is InChI=1S/C26H25FN6O/c1-32-15-20-9-18(5-6-23(20)31-32)25-21(17-3-4-19(12-28)22(27)10-17)11-24(33(25)2)26(34)30-14-16-7-8-29-13-16/h3-6,9-11,15-16,29H,7-8,13-14H2,1-2H3,(H,30,34). The third kappa shape index (κ3) is 3.95.